The second kappa shape index (κ2) is 5.51. The minimum absolute atomic E-state index is 0.137. The van der Waals surface area contributed by atoms with Crippen LogP contribution in [0.25, 0.3) is 11.0 Å². The molecule has 1 aromatic carbocycles. The first-order valence-corrected chi connectivity index (χ1v) is 9.04. The Morgan fingerprint density at radius 1 is 1.29 bits per heavy atom. The van der Waals surface area contributed by atoms with E-state index < -0.39 is 20.7 Å². The number of H-pyrrole nitrogens is 1. The Labute approximate surface area is 142 Å². The van der Waals surface area contributed by atoms with Crippen LogP contribution < -0.4 is 0 Å². The molecular weight excluding hydrogens is 355 g/mol. The standard InChI is InChI=1S/C15H12ClFN4O2S/c16-12-2-1-3-13(14(12)17)24(22,23)21-5-4-10-9(8-21)6-18-15-11(10)7-19-20-15/h1-3,6-7H,4-5,8H2,(H,18,19,20). The number of hydrogen-bond acceptors (Lipinski definition) is 4. The van der Waals surface area contributed by atoms with Crippen LogP contribution >= 0.6 is 11.6 Å². The monoisotopic (exact) mass is 366 g/mol. The summed E-state index contributed by atoms with van der Waals surface area (Å²) in [6.45, 7) is 0.392. The van der Waals surface area contributed by atoms with Crippen LogP contribution in [0, 0.1) is 5.82 Å². The predicted molar refractivity (Wildman–Crippen MR) is 86.6 cm³/mol. The van der Waals surface area contributed by atoms with Crippen molar-refractivity contribution in [1.82, 2.24) is 19.5 Å². The van der Waals surface area contributed by atoms with Crippen molar-refractivity contribution in [1.29, 1.82) is 0 Å². The van der Waals surface area contributed by atoms with Crippen LogP contribution in [0.1, 0.15) is 11.1 Å². The number of halogens is 2. The number of fused-ring (bicyclic) bond motifs is 3. The van der Waals surface area contributed by atoms with Crippen molar-refractivity contribution in [3.05, 3.63) is 52.6 Å². The van der Waals surface area contributed by atoms with Gasteiger partial charge in [-0.25, -0.2) is 17.8 Å². The van der Waals surface area contributed by atoms with Crippen molar-refractivity contribution in [2.75, 3.05) is 6.54 Å². The lowest BCUT2D eigenvalue weighted by Crippen LogP contribution is -2.36. The molecule has 4 rings (SSSR count). The Hall–Kier alpha value is -2.03. The molecule has 0 unspecified atom stereocenters. The van der Waals surface area contributed by atoms with Gasteiger partial charge in [-0.1, -0.05) is 17.7 Å². The Bertz CT molecular complexity index is 1050. The third-order valence-corrected chi connectivity index (χ3v) is 6.33. The maximum absolute atomic E-state index is 14.2. The summed E-state index contributed by atoms with van der Waals surface area (Å²) in [5.74, 6) is -0.923. The molecule has 0 spiro atoms. The molecule has 0 saturated heterocycles. The number of sulfonamides is 1. The largest absolute Gasteiger partial charge is 0.261 e. The summed E-state index contributed by atoms with van der Waals surface area (Å²) in [7, 11) is -3.98. The number of nitrogens with one attached hydrogen (secondary N) is 1. The van der Waals surface area contributed by atoms with Gasteiger partial charge in [-0.15, -0.1) is 0 Å². The fourth-order valence-electron chi connectivity index (χ4n) is 2.96. The van der Waals surface area contributed by atoms with Crippen LogP contribution in [0.3, 0.4) is 0 Å². The van der Waals surface area contributed by atoms with E-state index in [4.69, 9.17) is 11.6 Å². The molecule has 2 aromatic heterocycles. The van der Waals surface area contributed by atoms with E-state index in [1.165, 1.54) is 22.5 Å². The predicted octanol–water partition coefficient (Wildman–Crippen LogP) is 2.50. The SMILES string of the molecule is O=S(=O)(c1cccc(Cl)c1F)N1CCc2c(cnc3[nH]ncc23)C1. The maximum Gasteiger partial charge on any atom is 0.246 e. The lowest BCUT2D eigenvalue weighted by Gasteiger charge is -2.28. The van der Waals surface area contributed by atoms with E-state index >= 15 is 0 Å². The summed E-state index contributed by atoms with van der Waals surface area (Å²) >= 11 is 5.71. The molecule has 3 aromatic rings. The van der Waals surface area contributed by atoms with Gasteiger partial charge in [-0.05, 0) is 29.7 Å². The van der Waals surface area contributed by atoms with Crippen molar-refractivity contribution >= 4 is 32.7 Å². The summed E-state index contributed by atoms with van der Waals surface area (Å²) in [5.41, 5.74) is 2.49. The Morgan fingerprint density at radius 3 is 2.96 bits per heavy atom. The number of aromatic amines is 1. The number of pyridine rings is 1. The molecule has 124 valence electrons. The van der Waals surface area contributed by atoms with Gasteiger partial charge in [0.15, 0.2) is 11.5 Å². The fraction of sp³-hybridized carbons (Fsp3) is 0.200. The van der Waals surface area contributed by atoms with E-state index in [0.717, 1.165) is 16.5 Å². The smallest absolute Gasteiger partial charge is 0.246 e. The van der Waals surface area contributed by atoms with Gasteiger partial charge in [0.2, 0.25) is 10.0 Å². The molecule has 3 heterocycles. The highest BCUT2D eigenvalue weighted by Crippen LogP contribution is 2.30. The molecule has 0 bridgehead atoms. The summed E-state index contributed by atoms with van der Waals surface area (Å²) in [4.78, 5) is 3.83. The molecule has 0 aliphatic carbocycles. The Morgan fingerprint density at radius 2 is 2.12 bits per heavy atom. The first-order valence-electron chi connectivity index (χ1n) is 7.22. The van der Waals surface area contributed by atoms with Crippen LogP contribution in [0.2, 0.25) is 5.02 Å². The van der Waals surface area contributed by atoms with Crippen LogP contribution in [-0.4, -0.2) is 34.4 Å². The molecule has 0 fully saturated rings. The summed E-state index contributed by atoms with van der Waals surface area (Å²) < 4.78 is 40.9. The highest BCUT2D eigenvalue weighted by molar-refractivity contribution is 7.89. The van der Waals surface area contributed by atoms with Gasteiger partial charge in [0, 0.05) is 24.7 Å². The number of hydrogen-bond donors (Lipinski definition) is 1. The first kappa shape index (κ1) is 15.5. The van der Waals surface area contributed by atoms with Crippen LogP contribution in [0.4, 0.5) is 4.39 Å². The van der Waals surface area contributed by atoms with E-state index in [2.05, 4.69) is 15.2 Å². The van der Waals surface area contributed by atoms with Gasteiger partial charge in [0.25, 0.3) is 0 Å². The van der Waals surface area contributed by atoms with E-state index in [1.54, 1.807) is 12.4 Å². The van der Waals surface area contributed by atoms with Crippen molar-refractivity contribution < 1.29 is 12.8 Å². The van der Waals surface area contributed by atoms with E-state index in [0.29, 0.717) is 12.1 Å². The quantitative estimate of drug-likeness (QED) is 0.755. The fourth-order valence-corrected chi connectivity index (χ4v) is 4.69. The van der Waals surface area contributed by atoms with E-state index in [1.807, 2.05) is 0 Å². The molecular formula is C15H12ClFN4O2S. The number of benzene rings is 1. The minimum atomic E-state index is -3.98. The molecule has 24 heavy (non-hydrogen) atoms. The molecule has 0 saturated carbocycles. The van der Waals surface area contributed by atoms with Crippen molar-refractivity contribution in [2.45, 2.75) is 17.9 Å². The molecule has 6 nitrogen and oxygen atoms in total. The summed E-state index contributed by atoms with van der Waals surface area (Å²) in [5, 5.41) is 7.43. The Kier molecular flexibility index (Phi) is 3.56. The van der Waals surface area contributed by atoms with Gasteiger partial charge in [-0.3, -0.25) is 5.10 Å². The van der Waals surface area contributed by atoms with Gasteiger partial charge < -0.3 is 0 Å². The topological polar surface area (TPSA) is 79.0 Å². The highest BCUT2D eigenvalue weighted by Gasteiger charge is 2.32. The van der Waals surface area contributed by atoms with Gasteiger partial charge in [0.1, 0.15) is 4.90 Å². The van der Waals surface area contributed by atoms with Crippen LogP contribution in [0.15, 0.2) is 35.5 Å². The first-order chi connectivity index (χ1) is 11.5. The molecule has 1 N–H and O–H groups in total. The second-order valence-corrected chi connectivity index (χ2v) is 7.85. The van der Waals surface area contributed by atoms with Crippen molar-refractivity contribution in [2.24, 2.45) is 0 Å². The van der Waals surface area contributed by atoms with Crippen LogP contribution in [0.5, 0.6) is 0 Å². The minimum Gasteiger partial charge on any atom is -0.261 e. The third kappa shape index (κ3) is 2.29. The summed E-state index contributed by atoms with van der Waals surface area (Å²) in [6.07, 6.45) is 3.82. The molecule has 1 aliphatic heterocycles. The highest BCUT2D eigenvalue weighted by atomic mass is 35.5. The molecule has 0 amide bonds. The van der Waals surface area contributed by atoms with Gasteiger partial charge in [-0.2, -0.15) is 9.40 Å². The summed E-state index contributed by atoms with van der Waals surface area (Å²) in [6, 6.07) is 3.97. The lowest BCUT2D eigenvalue weighted by atomic mass is 10.0. The van der Waals surface area contributed by atoms with E-state index in [-0.39, 0.29) is 18.1 Å². The zero-order valence-corrected chi connectivity index (χ0v) is 13.9. The average molecular weight is 367 g/mol. The van der Waals surface area contributed by atoms with E-state index in [9.17, 15) is 12.8 Å². The Balaban J connectivity index is 1.75. The zero-order chi connectivity index (χ0) is 16.9. The lowest BCUT2D eigenvalue weighted by molar-refractivity contribution is 0.389. The molecule has 0 radical (unpaired) electrons. The normalized spacial score (nSPS) is 15.6. The maximum atomic E-state index is 14.2. The molecule has 1 aliphatic rings. The number of rotatable bonds is 2. The van der Waals surface area contributed by atoms with Crippen LogP contribution in [-0.2, 0) is 23.0 Å². The van der Waals surface area contributed by atoms with Gasteiger partial charge >= 0.3 is 0 Å². The second-order valence-electron chi connectivity index (χ2n) is 5.53. The molecule has 9 heteroatoms. The molecule has 0 atom stereocenters. The third-order valence-electron chi connectivity index (χ3n) is 4.17. The number of nitrogens with zero attached hydrogens (tertiary/aromatic N) is 3. The average Bonchev–Trinajstić information content (AvgIpc) is 3.05. The van der Waals surface area contributed by atoms with Crippen molar-refractivity contribution in [3.63, 3.8) is 0 Å². The number of aromatic nitrogens is 3. The van der Waals surface area contributed by atoms with Crippen molar-refractivity contribution in [3.8, 4) is 0 Å². The zero-order valence-electron chi connectivity index (χ0n) is 12.3. The van der Waals surface area contributed by atoms with Gasteiger partial charge in [0.05, 0.1) is 11.2 Å².